The summed E-state index contributed by atoms with van der Waals surface area (Å²) in [5.74, 6) is 1.74. The van der Waals surface area contributed by atoms with Crippen LogP contribution in [0.25, 0.3) is 11.2 Å². The molecule has 2 aromatic heterocycles. The Kier molecular flexibility index (Phi) is 11.8. The van der Waals surface area contributed by atoms with Crippen molar-refractivity contribution in [1.29, 1.82) is 0 Å². The van der Waals surface area contributed by atoms with Crippen molar-refractivity contribution in [3.63, 3.8) is 0 Å². The summed E-state index contributed by atoms with van der Waals surface area (Å²) in [7, 11) is 3.33. The van der Waals surface area contributed by atoms with Crippen LogP contribution in [0.15, 0.2) is 183 Å². The van der Waals surface area contributed by atoms with Crippen LogP contribution in [0.1, 0.15) is 59.9 Å². The zero-order valence-corrected chi connectivity index (χ0v) is 35.8. The van der Waals surface area contributed by atoms with Crippen LogP contribution in [-0.4, -0.2) is 57.2 Å². The van der Waals surface area contributed by atoms with Gasteiger partial charge >= 0.3 is 0 Å². The maximum absolute atomic E-state index is 11.5. The molecule has 10 nitrogen and oxygen atoms in total. The molecular weight excluding hydrogens is 787 g/mol. The molecule has 0 amide bonds. The number of aliphatic hydroxyl groups excluding tert-OH is 1. The number of nitrogens with zero attached hydrogens (tertiary/aromatic N) is 4. The molecule has 0 aliphatic carbocycles. The number of hydrogen-bond acceptors (Lipinski definition) is 9. The molecule has 6 aromatic carbocycles. The van der Waals surface area contributed by atoms with Crippen molar-refractivity contribution >= 4 is 17.0 Å². The van der Waals surface area contributed by atoms with Crippen LogP contribution in [0.3, 0.4) is 0 Å². The van der Waals surface area contributed by atoms with Gasteiger partial charge in [-0.05, 0) is 64.1 Å². The molecule has 0 unspecified atom stereocenters. The van der Waals surface area contributed by atoms with Gasteiger partial charge in [0.05, 0.1) is 32.8 Å². The highest BCUT2D eigenvalue weighted by atomic mass is 16.6. The summed E-state index contributed by atoms with van der Waals surface area (Å²) < 4.78 is 27.9. The number of anilines is 1. The zero-order chi connectivity index (χ0) is 43.4. The van der Waals surface area contributed by atoms with Gasteiger partial charge in [0.25, 0.3) is 0 Å². The van der Waals surface area contributed by atoms with Gasteiger partial charge in [-0.3, -0.25) is 4.57 Å². The molecule has 318 valence electrons. The average Bonchev–Trinajstić information content (AvgIpc) is 3.94. The highest BCUT2D eigenvalue weighted by molar-refractivity contribution is 5.84. The fourth-order valence-electron chi connectivity index (χ4n) is 9.19. The summed E-state index contributed by atoms with van der Waals surface area (Å²) in [4.78, 5) is 14.8. The molecule has 5 atom stereocenters. The monoisotopic (exact) mass is 837 g/mol. The van der Waals surface area contributed by atoms with E-state index in [1.165, 1.54) is 0 Å². The second-order valence-electron chi connectivity index (χ2n) is 15.9. The number of aromatic nitrogens is 4. The lowest BCUT2D eigenvalue weighted by Crippen LogP contribution is -2.42. The molecule has 1 saturated heterocycles. The second kappa shape index (κ2) is 17.9. The van der Waals surface area contributed by atoms with Crippen molar-refractivity contribution in [2.24, 2.45) is 5.92 Å². The first-order chi connectivity index (χ1) is 30.9. The molecule has 3 heterocycles. The summed E-state index contributed by atoms with van der Waals surface area (Å²) in [5, 5.41) is 15.5. The molecule has 0 saturated carbocycles. The molecule has 1 aliphatic heterocycles. The highest BCUT2D eigenvalue weighted by Gasteiger charge is 2.52. The fourth-order valence-corrected chi connectivity index (χ4v) is 9.19. The van der Waals surface area contributed by atoms with Crippen LogP contribution in [0.2, 0.25) is 0 Å². The van der Waals surface area contributed by atoms with Crippen molar-refractivity contribution in [1.82, 2.24) is 19.5 Å². The molecule has 10 heteroatoms. The Morgan fingerprint density at radius 2 is 1.10 bits per heavy atom. The number of rotatable bonds is 15. The van der Waals surface area contributed by atoms with E-state index in [2.05, 4.69) is 85.0 Å². The Bertz CT molecular complexity index is 2640. The number of benzene rings is 6. The van der Waals surface area contributed by atoms with Gasteiger partial charge in [0.15, 0.2) is 23.2 Å². The topological polar surface area (TPSA) is 113 Å². The van der Waals surface area contributed by atoms with Crippen LogP contribution in [0, 0.1) is 5.92 Å². The minimum atomic E-state index is -1.11. The standard InChI is InChI=1S/C53H51N5O5/c1-5-45(59)47-36(2)48(63-53(40-22-14-8-15-23-40,41-24-16-9-17-25-41)42-28-32-44(61-4)33-29-42)51(62-47)58-35-56-46-49(54-34-55-50(46)58)57-52(37-18-10-6-11-19-37,38-20-12-7-13-21-38)39-26-30-43(60-3)31-27-39/h6-36,45,47-48,51,59H,5H2,1-4H3,(H,54,55,57)/t36-,45+,47+,48-,51-/m1/s1. The van der Waals surface area contributed by atoms with E-state index in [0.717, 1.165) is 44.9 Å². The Morgan fingerprint density at radius 1 is 0.635 bits per heavy atom. The lowest BCUT2D eigenvalue weighted by molar-refractivity contribution is -0.117. The van der Waals surface area contributed by atoms with Crippen LogP contribution in [0.4, 0.5) is 5.82 Å². The number of nitrogens with one attached hydrogen (secondary N) is 1. The second-order valence-corrected chi connectivity index (χ2v) is 15.9. The first kappa shape index (κ1) is 41.5. The van der Waals surface area contributed by atoms with Gasteiger partial charge in [0.1, 0.15) is 35.1 Å². The van der Waals surface area contributed by atoms with Crippen molar-refractivity contribution in [3.8, 4) is 11.5 Å². The lowest BCUT2D eigenvalue weighted by Gasteiger charge is -2.40. The minimum absolute atomic E-state index is 0.272. The van der Waals surface area contributed by atoms with Gasteiger partial charge in [0, 0.05) is 5.92 Å². The van der Waals surface area contributed by atoms with E-state index in [9.17, 15) is 5.11 Å². The van der Waals surface area contributed by atoms with Crippen LogP contribution < -0.4 is 14.8 Å². The van der Waals surface area contributed by atoms with E-state index in [4.69, 9.17) is 33.9 Å². The number of imidazole rings is 1. The molecule has 0 radical (unpaired) electrons. The van der Waals surface area contributed by atoms with Gasteiger partial charge in [-0.1, -0.05) is 159 Å². The first-order valence-electron chi connectivity index (χ1n) is 21.4. The Hall–Kier alpha value is -6.85. The van der Waals surface area contributed by atoms with E-state index in [0.29, 0.717) is 23.4 Å². The van der Waals surface area contributed by atoms with Gasteiger partial charge < -0.3 is 29.4 Å². The molecule has 0 spiro atoms. The SMILES string of the molecule is CC[C@H](O)[C@H]1O[C@@H](n2cnc3c(NC(c4ccccc4)(c4ccccc4)c4ccc(OC)cc4)ncnc32)[C@H](OC(c2ccccc2)(c2ccccc2)c2ccc(OC)cc2)[C@@H]1C. The Labute approximate surface area is 368 Å². The maximum atomic E-state index is 11.5. The van der Waals surface area contributed by atoms with Crippen LogP contribution in [0.5, 0.6) is 11.5 Å². The summed E-state index contributed by atoms with van der Waals surface area (Å²) in [6.07, 6.45) is 1.14. The summed E-state index contributed by atoms with van der Waals surface area (Å²) in [6, 6.07) is 57.3. The zero-order valence-electron chi connectivity index (χ0n) is 35.8. The Morgan fingerprint density at radius 3 is 1.59 bits per heavy atom. The number of ether oxygens (including phenoxy) is 4. The molecule has 8 aromatic rings. The summed E-state index contributed by atoms with van der Waals surface area (Å²) in [5.41, 5.74) is 4.83. The van der Waals surface area contributed by atoms with Crippen molar-refractivity contribution in [2.75, 3.05) is 19.5 Å². The highest BCUT2D eigenvalue weighted by Crippen LogP contribution is 2.49. The first-order valence-corrected chi connectivity index (χ1v) is 21.4. The molecule has 1 aliphatic rings. The largest absolute Gasteiger partial charge is 0.497 e. The number of methoxy groups -OCH3 is 2. The van der Waals surface area contributed by atoms with Gasteiger partial charge in [-0.25, -0.2) is 15.0 Å². The van der Waals surface area contributed by atoms with Gasteiger partial charge in [0.2, 0.25) is 0 Å². The van der Waals surface area contributed by atoms with E-state index in [-0.39, 0.29) is 5.92 Å². The van der Waals surface area contributed by atoms with Gasteiger partial charge in [-0.2, -0.15) is 0 Å². The van der Waals surface area contributed by atoms with Crippen molar-refractivity contribution < 1.29 is 24.1 Å². The third-order valence-electron chi connectivity index (χ3n) is 12.5. The smallest absolute Gasteiger partial charge is 0.167 e. The molecule has 0 bridgehead atoms. The average molecular weight is 838 g/mol. The predicted molar refractivity (Wildman–Crippen MR) is 245 cm³/mol. The fraction of sp³-hybridized carbons (Fsp3) is 0.226. The minimum Gasteiger partial charge on any atom is -0.497 e. The van der Waals surface area contributed by atoms with E-state index >= 15 is 0 Å². The molecule has 9 rings (SSSR count). The molecule has 63 heavy (non-hydrogen) atoms. The number of hydrogen-bond donors (Lipinski definition) is 2. The van der Waals surface area contributed by atoms with E-state index < -0.39 is 35.7 Å². The third kappa shape index (κ3) is 7.50. The Balaban J connectivity index is 1.21. The number of aliphatic hydroxyl groups is 1. The summed E-state index contributed by atoms with van der Waals surface area (Å²) in [6.45, 7) is 4.05. The maximum Gasteiger partial charge on any atom is 0.167 e. The predicted octanol–water partition coefficient (Wildman–Crippen LogP) is 9.93. The van der Waals surface area contributed by atoms with Crippen molar-refractivity contribution in [3.05, 3.63) is 216 Å². The number of fused-ring (bicyclic) bond motifs is 1. The van der Waals surface area contributed by atoms with Crippen LogP contribution in [-0.2, 0) is 20.6 Å². The molecule has 1 fully saturated rings. The van der Waals surface area contributed by atoms with E-state index in [1.54, 1.807) is 26.9 Å². The van der Waals surface area contributed by atoms with Crippen molar-refractivity contribution in [2.45, 2.75) is 55.9 Å². The van der Waals surface area contributed by atoms with E-state index in [1.807, 2.05) is 109 Å². The normalized spacial score (nSPS) is 18.2. The third-order valence-corrected chi connectivity index (χ3v) is 12.5. The lowest BCUT2D eigenvalue weighted by atomic mass is 9.77. The van der Waals surface area contributed by atoms with Crippen LogP contribution >= 0.6 is 0 Å². The van der Waals surface area contributed by atoms with Gasteiger partial charge in [-0.15, -0.1) is 0 Å². The molecular formula is C53H51N5O5. The molecule has 2 N–H and O–H groups in total. The summed E-state index contributed by atoms with van der Waals surface area (Å²) >= 11 is 0. The quantitative estimate of drug-likeness (QED) is 0.0975.